The first-order chi connectivity index (χ1) is 10.1. The highest BCUT2D eigenvalue weighted by molar-refractivity contribution is 5.55. The van der Waals surface area contributed by atoms with Gasteiger partial charge in [0.2, 0.25) is 0 Å². The van der Waals surface area contributed by atoms with Gasteiger partial charge in [0.1, 0.15) is 0 Å². The van der Waals surface area contributed by atoms with Crippen LogP contribution in [-0.2, 0) is 6.42 Å². The van der Waals surface area contributed by atoms with Crippen molar-refractivity contribution in [3.05, 3.63) is 64.7 Å². The van der Waals surface area contributed by atoms with Gasteiger partial charge in [-0.05, 0) is 68.7 Å². The zero-order chi connectivity index (χ0) is 14.8. The molecule has 2 unspecified atom stereocenters. The van der Waals surface area contributed by atoms with Crippen LogP contribution in [0.4, 0.5) is 5.69 Å². The Hall–Kier alpha value is -1.76. The molecule has 2 aromatic rings. The summed E-state index contributed by atoms with van der Waals surface area (Å²) in [7, 11) is 0. The van der Waals surface area contributed by atoms with Gasteiger partial charge in [-0.15, -0.1) is 0 Å². The summed E-state index contributed by atoms with van der Waals surface area (Å²) in [5.41, 5.74) is 7.15. The highest BCUT2D eigenvalue weighted by Gasteiger charge is 2.23. The predicted octanol–water partition coefficient (Wildman–Crippen LogP) is 5.22. The minimum absolute atomic E-state index is 0.573. The quantitative estimate of drug-likeness (QED) is 0.811. The van der Waals surface area contributed by atoms with Crippen molar-refractivity contribution in [2.75, 3.05) is 5.32 Å². The molecule has 0 saturated heterocycles. The van der Waals surface area contributed by atoms with Crippen LogP contribution in [0.5, 0.6) is 0 Å². The molecule has 1 aliphatic rings. The van der Waals surface area contributed by atoms with E-state index < -0.39 is 0 Å². The first-order valence-corrected chi connectivity index (χ1v) is 8.05. The maximum atomic E-state index is 3.61. The average molecular weight is 279 g/mol. The van der Waals surface area contributed by atoms with Gasteiger partial charge in [-0.2, -0.15) is 0 Å². The van der Waals surface area contributed by atoms with Crippen LogP contribution in [0.1, 0.15) is 47.9 Å². The Kier molecular flexibility index (Phi) is 4.01. The van der Waals surface area contributed by atoms with Gasteiger partial charge >= 0.3 is 0 Å². The minimum Gasteiger partial charge on any atom is -0.382 e. The number of hydrogen-bond acceptors (Lipinski definition) is 1. The topological polar surface area (TPSA) is 12.0 Å². The predicted molar refractivity (Wildman–Crippen MR) is 91.1 cm³/mol. The lowest BCUT2D eigenvalue weighted by molar-refractivity contribution is 0.521. The van der Waals surface area contributed by atoms with E-state index >= 15 is 0 Å². The molecule has 1 heteroatoms. The summed E-state index contributed by atoms with van der Waals surface area (Å²) >= 11 is 0. The van der Waals surface area contributed by atoms with Gasteiger partial charge in [0.15, 0.2) is 0 Å². The van der Waals surface area contributed by atoms with Crippen molar-refractivity contribution in [2.45, 2.75) is 52.0 Å². The van der Waals surface area contributed by atoms with Gasteiger partial charge < -0.3 is 5.32 Å². The zero-order valence-electron chi connectivity index (χ0n) is 13.3. The zero-order valence-corrected chi connectivity index (χ0v) is 13.3. The third kappa shape index (κ3) is 3.12. The highest BCUT2D eigenvalue weighted by atomic mass is 14.9. The van der Waals surface area contributed by atoms with Crippen molar-refractivity contribution in [3.8, 4) is 0 Å². The molecule has 2 atom stereocenters. The Morgan fingerprint density at radius 3 is 2.76 bits per heavy atom. The second-order valence-electron chi connectivity index (χ2n) is 6.53. The van der Waals surface area contributed by atoms with Crippen LogP contribution in [0.3, 0.4) is 0 Å². The number of anilines is 1. The molecule has 1 heterocycles. The van der Waals surface area contributed by atoms with Crippen LogP contribution in [0, 0.1) is 13.8 Å². The third-order valence-corrected chi connectivity index (χ3v) is 4.71. The highest BCUT2D eigenvalue weighted by Crippen LogP contribution is 2.37. The summed E-state index contributed by atoms with van der Waals surface area (Å²) < 4.78 is 0. The van der Waals surface area contributed by atoms with Crippen molar-refractivity contribution >= 4 is 5.69 Å². The van der Waals surface area contributed by atoms with E-state index in [1.165, 1.54) is 47.2 Å². The fourth-order valence-electron chi connectivity index (χ4n) is 3.54. The van der Waals surface area contributed by atoms with Crippen LogP contribution in [0.25, 0.3) is 0 Å². The molecular weight excluding hydrogens is 254 g/mol. The normalized spacial score (nSPS) is 20.7. The summed E-state index contributed by atoms with van der Waals surface area (Å²) in [6.07, 6.45) is 3.66. The van der Waals surface area contributed by atoms with Crippen LogP contribution < -0.4 is 5.32 Å². The first-order valence-electron chi connectivity index (χ1n) is 8.05. The molecule has 0 aliphatic carbocycles. The monoisotopic (exact) mass is 279 g/mol. The molecule has 2 aromatic carbocycles. The maximum absolute atomic E-state index is 3.61. The Morgan fingerprint density at radius 2 is 1.90 bits per heavy atom. The lowest BCUT2D eigenvalue weighted by Crippen LogP contribution is -2.25. The molecule has 0 amide bonds. The lowest BCUT2D eigenvalue weighted by Gasteiger charge is -2.31. The number of aryl methyl sites for hydroxylation is 3. The van der Waals surface area contributed by atoms with E-state index in [0.717, 1.165) is 0 Å². The summed E-state index contributed by atoms with van der Waals surface area (Å²) in [6, 6.07) is 16.2. The summed E-state index contributed by atoms with van der Waals surface area (Å²) in [5.74, 6) is 0.678. The molecular formula is C20H25N. The van der Waals surface area contributed by atoms with Crippen molar-refractivity contribution < 1.29 is 0 Å². The van der Waals surface area contributed by atoms with E-state index in [4.69, 9.17) is 0 Å². The molecule has 0 saturated carbocycles. The average Bonchev–Trinajstić information content (AvgIpc) is 2.47. The van der Waals surface area contributed by atoms with Gasteiger partial charge in [-0.25, -0.2) is 0 Å². The molecule has 0 bridgehead atoms. The molecule has 1 aliphatic heterocycles. The Bertz CT molecular complexity index is 629. The number of hydrogen-bond donors (Lipinski definition) is 1. The van der Waals surface area contributed by atoms with Crippen molar-refractivity contribution in [1.82, 2.24) is 0 Å². The molecule has 110 valence electrons. The van der Waals surface area contributed by atoms with Crippen LogP contribution >= 0.6 is 0 Å². The first kappa shape index (κ1) is 14.2. The smallest absolute Gasteiger partial charge is 0.0377 e. The number of para-hydroxylation sites is 1. The Labute approximate surface area is 128 Å². The largest absolute Gasteiger partial charge is 0.382 e. The van der Waals surface area contributed by atoms with Crippen LogP contribution in [0.2, 0.25) is 0 Å². The minimum atomic E-state index is 0.573. The molecule has 0 fully saturated rings. The van der Waals surface area contributed by atoms with E-state index in [1.807, 2.05) is 0 Å². The van der Waals surface area contributed by atoms with E-state index in [1.54, 1.807) is 0 Å². The van der Waals surface area contributed by atoms with Crippen molar-refractivity contribution in [1.29, 1.82) is 0 Å². The van der Waals surface area contributed by atoms with E-state index in [2.05, 4.69) is 68.6 Å². The number of fused-ring (bicyclic) bond motifs is 1. The molecule has 0 radical (unpaired) electrons. The number of nitrogens with one attached hydrogen (secondary N) is 1. The van der Waals surface area contributed by atoms with E-state index in [-0.39, 0.29) is 0 Å². The van der Waals surface area contributed by atoms with Gasteiger partial charge in [0, 0.05) is 11.7 Å². The van der Waals surface area contributed by atoms with E-state index in [9.17, 15) is 0 Å². The number of benzene rings is 2. The van der Waals surface area contributed by atoms with Gasteiger partial charge in [-0.1, -0.05) is 42.0 Å². The van der Waals surface area contributed by atoms with Gasteiger partial charge in [0.05, 0.1) is 0 Å². The Morgan fingerprint density at radius 1 is 1.10 bits per heavy atom. The Balaban J connectivity index is 1.78. The second kappa shape index (κ2) is 5.93. The number of rotatable bonds is 3. The molecule has 0 spiro atoms. The van der Waals surface area contributed by atoms with Crippen molar-refractivity contribution in [3.63, 3.8) is 0 Å². The maximum Gasteiger partial charge on any atom is 0.0377 e. The molecule has 0 aromatic heterocycles. The summed E-state index contributed by atoms with van der Waals surface area (Å²) in [4.78, 5) is 0. The molecule has 1 nitrogen and oxygen atoms in total. The molecule has 3 rings (SSSR count). The van der Waals surface area contributed by atoms with Crippen molar-refractivity contribution in [2.24, 2.45) is 0 Å². The molecule has 1 N–H and O–H groups in total. The molecule has 21 heavy (non-hydrogen) atoms. The second-order valence-corrected chi connectivity index (χ2v) is 6.53. The summed E-state index contributed by atoms with van der Waals surface area (Å²) in [5, 5.41) is 3.61. The van der Waals surface area contributed by atoms with Gasteiger partial charge in [0.25, 0.3) is 0 Å². The van der Waals surface area contributed by atoms with E-state index in [0.29, 0.717) is 12.0 Å². The third-order valence-electron chi connectivity index (χ3n) is 4.71. The van der Waals surface area contributed by atoms with Crippen LogP contribution in [-0.4, -0.2) is 6.04 Å². The fraction of sp³-hybridized carbons (Fsp3) is 0.400. The lowest BCUT2D eigenvalue weighted by atomic mass is 9.83. The fourth-order valence-corrected chi connectivity index (χ4v) is 3.54. The standard InChI is InChI=1S/C20H25N/c1-14-8-9-15(2)17(12-14)10-11-18-13-16(3)21-20-7-5-4-6-19(18)20/h4-9,12,16,18,21H,10-11,13H2,1-3H3. The SMILES string of the molecule is Cc1ccc(C)c(CCC2CC(C)Nc3ccccc32)c1. The van der Waals surface area contributed by atoms with Crippen LogP contribution in [0.15, 0.2) is 42.5 Å². The summed E-state index contributed by atoms with van der Waals surface area (Å²) in [6.45, 7) is 6.71. The van der Waals surface area contributed by atoms with Gasteiger partial charge in [-0.3, -0.25) is 0 Å².